The summed E-state index contributed by atoms with van der Waals surface area (Å²) in [6.45, 7) is 8.67. The number of hydrogen-bond acceptors (Lipinski definition) is 2. The molecule has 3 heteroatoms. The van der Waals surface area contributed by atoms with Crippen molar-refractivity contribution in [3.63, 3.8) is 0 Å². The lowest BCUT2D eigenvalue weighted by molar-refractivity contribution is -0.124. The summed E-state index contributed by atoms with van der Waals surface area (Å²) in [6, 6.07) is 6.49. The predicted molar refractivity (Wildman–Crippen MR) is 52.7 cm³/mol. The minimum Gasteiger partial charge on any atom is -0.326 e. The quantitative estimate of drug-likeness (QED) is 0.731. The van der Waals surface area contributed by atoms with Crippen molar-refractivity contribution in [2.75, 3.05) is 5.32 Å². The van der Waals surface area contributed by atoms with Crippen molar-refractivity contribution in [3.8, 4) is 0 Å². The van der Waals surface area contributed by atoms with E-state index in [0.29, 0.717) is 11.3 Å². The molecule has 1 aromatic rings. The van der Waals surface area contributed by atoms with Gasteiger partial charge in [0.15, 0.2) is 0 Å². The average Bonchev–Trinajstić information content (AvgIpc) is 2.01. The lowest BCUT2D eigenvalue weighted by Crippen LogP contribution is -2.14. The van der Waals surface area contributed by atoms with Crippen molar-refractivity contribution in [3.05, 3.63) is 36.8 Å². The van der Waals surface area contributed by atoms with Gasteiger partial charge in [0, 0.05) is 12.6 Å². The molecule has 0 aliphatic carbocycles. The summed E-state index contributed by atoms with van der Waals surface area (Å²) in [5, 5.41) is 2.53. The minimum absolute atomic E-state index is 0.123. The Hall–Kier alpha value is -1.64. The normalized spacial score (nSPS) is 9.57. The molecule has 0 atom stereocenters. The van der Waals surface area contributed by atoms with Gasteiger partial charge in [-0.2, -0.15) is 0 Å². The molecule has 0 spiro atoms. The zero-order valence-electron chi connectivity index (χ0n) is 7.83. The van der Waals surface area contributed by atoms with Gasteiger partial charge in [-0.3, -0.25) is 9.59 Å². The lowest BCUT2D eigenvalue weighted by atomic mass is 10.2. The first kappa shape index (κ1) is 10.4. The monoisotopic (exact) mass is 188 g/mol. The lowest BCUT2D eigenvalue weighted by Gasteiger charge is -2.03. The fourth-order valence-electron chi connectivity index (χ4n) is 1.03. The van der Waals surface area contributed by atoms with Gasteiger partial charge in [-0.25, -0.2) is 0 Å². The molecular weight excluding hydrogens is 178 g/mol. The Morgan fingerprint density at radius 1 is 1.43 bits per heavy atom. The van der Waals surface area contributed by atoms with Gasteiger partial charge >= 0.3 is 0 Å². The second kappa shape index (κ2) is 4.56. The summed E-state index contributed by atoms with van der Waals surface area (Å²) < 4.78 is 0. The zero-order chi connectivity index (χ0) is 10.6. The number of carbonyl (C=O) groups is 2. The molecule has 0 heterocycles. The minimum atomic E-state index is -0.344. The van der Waals surface area contributed by atoms with Crippen molar-refractivity contribution in [1.29, 1.82) is 0 Å². The third-order valence-corrected chi connectivity index (χ3v) is 1.56. The summed E-state index contributed by atoms with van der Waals surface area (Å²) in [5.74, 6) is -0.521. The smallest absolute Gasteiger partial charge is 0.231 e. The molecule has 71 valence electrons. The van der Waals surface area contributed by atoms with E-state index < -0.39 is 0 Å². The highest BCUT2D eigenvalue weighted by Crippen LogP contribution is 2.09. The molecule has 3 radical (unpaired) electrons. The van der Waals surface area contributed by atoms with Crippen LogP contribution < -0.4 is 5.32 Å². The Kier molecular flexibility index (Phi) is 3.40. The first-order chi connectivity index (χ1) is 6.58. The molecule has 0 bridgehead atoms. The molecule has 3 nitrogen and oxygen atoms in total. The maximum atomic E-state index is 11.1. The van der Waals surface area contributed by atoms with Gasteiger partial charge in [0.05, 0.1) is 6.42 Å². The fourth-order valence-corrected chi connectivity index (χ4v) is 1.03. The summed E-state index contributed by atoms with van der Waals surface area (Å²) in [4.78, 5) is 21.8. The van der Waals surface area contributed by atoms with Crippen LogP contribution in [0.1, 0.15) is 18.9 Å². The number of nitrogens with one attached hydrogen (secondary N) is 1. The van der Waals surface area contributed by atoms with Gasteiger partial charge in [0.2, 0.25) is 5.91 Å². The van der Waals surface area contributed by atoms with Crippen LogP contribution in [0.4, 0.5) is 5.69 Å². The summed E-state index contributed by atoms with van der Waals surface area (Å²) in [7, 11) is 0. The van der Waals surface area contributed by atoms with E-state index in [4.69, 9.17) is 6.92 Å². The molecule has 0 aliphatic heterocycles. The summed E-state index contributed by atoms with van der Waals surface area (Å²) >= 11 is 0. The van der Waals surface area contributed by atoms with Gasteiger partial charge in [-0.1, -0.05) is 12.1 Å². The van der Waals surface area contributed by atoms with Crippen molar-refractivity contribution in [2.45, 2.75) is 13.3 Å². The van der Waals surface area contributed by atoms with E-state index in [1.54, 1.807) is 18.2 Å². The van der Waals surface area contributed by atoms with Gasteiger partial charge in [0.25, 0.3) is 0 Å². The molecule has 1 aromatic carbocycles. The third kappa shape index (κ3) is 3.39. The van der Waals surface area contributed by atoms with Crippen LogP contribution in [0.15, 0.2) is 24.3 Å². The molecule has 0 aliphatic rings. The van der Waals surface area contributed by atoms with E-state index >= 15 is 0 Å². The molecule has 1 amide bonds. The van der Waals surface area contributed by atoms with Crippen molar-refractivity contribution in [1.82, 2.24) is 0 Å². The van der Waals surface area contributed by atoms with Gasteiger partial charge < -0.3 is 5.32 Å². The number of anilines is 1. The van der Waals surface area contributed by atoms with Crippen LogP contribution in [0.3, 0.4) is 0 Å². The molecule has 14 heavy (non-hydrogen) atoms. The number of ketones is 1. The van der Waals surface area contributed by atoms with Gasteiger partial charge in [-0.15, -0.1) is 0 Å². The van der Waals surface area contributed by atoms with E-state index in [2.05, 4.69) is 5.32 Å². The molecule has 0 unspecified atom stereocenters. The SMILES string of the molecule is [C]c1cccc(NC(=O)CC(C)=O)c1. The number of Topliss-reactive ketones (excluding diaryl/α,β-unsaturated/α-hetero) is 1. The second-order valence-electron chi connectivity index (χ2n) is 3.01. The maximum Gasteiger partial charge on any atom is 0.231 e. The fraction of sp³-hybridized carbons (Fsp3) is 0.182. The zero-order valence-corrected chi connectivity index (χ0v) is 7.83. The van der Waals surface area contributed by atoms with Crippen LogP contribution in [0.25, 0.3) is 0 Å². The number of rotatable bonds is 3. The standard InChI is InChI=1S/C11H10NO2/c1-8-4-3-5-10(6-8)12-11(14)7-9(2)13/h3-6H,7H2,2H3,(H,12,14). The van der Waals surface area contributed by atoms with E-state index in [-0.39, 0.29) is 18.1 Å². The predicted octanol–water partition coefficient (Wildman–Crippen LogP) is 1.54. The highest BCUT2D eigenvalue weighted by Gasteiger charge is 2.04. The molecule has 1 N–H and O–H groups in total. The Bertz CT molecular complexity index is 358. The Morgan fingerprint density at radius 3 is 2.71 bits per heavy atom. The molecule has 0 saturated carbocycles. The Labute approximate surface area is 83.1 Å². The van der Waals surface area contributed by atoms with Crippen LogP contribution in [-0.4, -0.2) is 11.7 Å². The van der Waals surface area contributed by atoms with Gasteiger partial charge in [0.1, 0.15) is 5.78 Å². The number of hydrogen-bond donors (Lipinski definition) is 1. The second-order valence-corrected chi connectivity index (χ2v) is 3.01. The third-order valence-electron chi connectivity index (χ3n) is 1.56. The summed E-state index contributed by atoms with van der Waals surface area (Å²) in [6.07, 6.45) is -0.123. The summed E-state index contributed by atoms with van der Waals surface area (Å²) in [5.41, 5.74) is 0.870. The van der Waals surface area contributed by atoms with Crippen molar-refractivity contribution >= 4 is 17.4 Å². The average molecular weight is 188 g/mol. The molecule has 0 saturated heterocycles. The van der Waals surface area contributed by atoms with E-state index in [9.17, 15) is 9.59 Å². The van der Waals surface area contributed by atoms with E-state index in [1.807, 2.05) is 0 Å². The Morgan fingerprint density at radius 2 is 2.14 bits per heavy atom. The topological polar surface area (TPSA) is 46.2 Å². The molecular formula is C11H10NO2. The van der Waals surface area contributed by atoms with E-state index in [1.165, 1.54) is 13.0 Å². The van der Waals surface area contributed by atoms with Crippen molar-refractivity contribution in [2.24, 2.45) is 0 Å². The first-order valence-electron chi connectivity index (χ1n) is 4.19. The van der Waals surface area contributed by atoms with Crippen LogP contribution in [0.5, 0.6) is 0 Å². The Balaban J connectivity index is 2.60. The van der Waals surface area contributed by atoms with Crippen molar-refractivity contribution < 1.29 is 9.59 Å². The van der Waals surface area contributed by atoms with Crippen LogP contribution >= 0.6 is 0 Å². The largest absolute Gasteiger partial charge is 0.326 e. The maximum absolute atomic E-state index is 11.1. The van der Waals surface area contributed by atoms with E-state index in [0.717, 1.165) is 0 Å². The van der Waals surface area contributed by atoms with Gasteiger partial charge in [-0.05, 0) is 24.6 Å². The number of carbonyl (C=O) groups excluding carboxylic acids is 2. The highest BCUT2D eigenvalue weighted by atomic mass is 16.2. The first-order valence-corrected chi connectivity index (χ1v) is 4.19. The molecule has 1 rings (SSSR count). The molecule has 0 fully saturated rings. The highest BCUT2D eigenvalue weighted by molar-refractivity contribution is 6.03. The molecule has 0 aromatic heterocycles. The van der Waals surface area contributed by atoms with Crippen LogP contribution in [0.2, 0.25) is 0 Å². The van der Waals surface area contributed by atoms with Crippen LogP contribution in [0, 0.1) is 6.92 Å². The number of benzene rings is 1. The number of amides is 1. The van der Waals surface area contributed by atoms with Crippen LogP contribution in [-0.2, 0) is 9.59 Å².